The van der Waals surface area contributed by atoms with Gasteiger partial charge in [-0.2, -0.15) is 0 Å². The van der Waals surface area contributed by atoms with Crippen LogP contribution in [0.15, 0.2) is 18.2 Å². The van der Waals surface area contributed by atoms with Gasteiger partial charge in [-0.15, -0.1) is 0 Å². The third-order valence-electron chi connectivity index (χ3n) is 3.16. The molecule has 0 aromatic heterocycles. The highest BCUT2D eigenvalue weighted by Crippen LogP contribution is 2.27. The summed E-state index contributed by atoms with van der Waals surface area (Å²) in [6.45, 7) is 4.31. The summed E-state index contributed by atoms with van der Waals surface area (Å²) in [5.74, 6) is 0. The van der Waals surface area contributed by atoms with Crippen molar-refractivity contribution in [3.8, 4) is 0 Å². The number of hydrogen-bond acceptors (Lipinski definition) is 3. The van der Waals surface area contributed by atoms with E-state index in [4.69, 9.17) is 11.6 Å². The van der Waals surface area contributed by atoms with E-state index in [0.717, 1.165) is 18.4 Å². The molecule has 0 saturated carbocycles. The average molecular weight is 333 g/mol. The molecule has 0 amide bonds. The predicted octanol–water partition coefficient (Wildman–Crippen LogP) is 4.48. The monoisotopic (exact) mass is 332 g/mol. The lowest BCUT2D eigenvalue weighted by Crippen LogP contribution is -2.16. The molecule has 0 saturated heterocycles. The zero-order chi connectivity index (χ0) is 15.9. The molecule has 0 bridgehead atoms. The van der Waals surface area contributed by atoms with E-state index in [9.17, 15) is 8.42 Å². The molecule has 1 aromatic rings. The highest BCUT2D eigenvalue weighted by molar-refractivity contribution is 7.92. The molecule has 4 nitrogen and oxygen atoms in total. The number of halogens is 1. The van der Waals surface area contributed by atoms with E-state index in [1.54, 1.807) is 18.2 Å². The molecular weight excluding hydrogens is 308 g/mol. The van der Waals surface area contributed by atoms with Gasteiger partial charge in [0.05, 0.1) is 22.7 Å². The van der Waals surface area contributed by atoms with Crippen LogP contribution in [0, 0.1) is 0 Å². The minimum Gasteiger partial charge on any atom is -0.381 e. The van der Waals surface area contributed by atoms with Crippen LogP contribution in [0.5, 0.6) is 0 Å². The molecule has 0 radical (unpaired) electrons. The predicted molar refractivity (Wildman–Crippen MR) is 91.8 cm³/mol. The number of hydrogen-bond donors (Lipinski definition) is 2. The Labute approximate surface area is 133 Å². The molecule has 0 heterocycles. The minimum atomic E-state index is -3.28. The Morgan fingerprint density at radius 2 is 1.95 bits per heavy atom. The van der Waals surface area contributed by atoms with E-state index in [-0.39, 0.29) is 0 Å². The van der Waals surface area contributed by atoms with Gasteiger partial charge in [0.15, 0.2) is 0 Å². The molecule has 1 atom stereocenters. The van der Waals surface area contributed by atoms with Crippen LogP contribution in [0.4, 0.5) is 11.4 Å². The lowest BCUT2D eigenvalue weighted by molar-refractivity contribution is 0.594. The topological polar surface area (TPSA) is 58.2 Å². The summed E-state index contributed by atoms with van der Waals surface area (Å²) in [6, 6.07) is 5.38. The van der Waals surface area contributed by atoms with Crippen LogP contribution in [-0.2, 0) is 10.0 Å². The second-order valence-corrected chi connectivity index (χ2v) is 7.62. The molecule has 2 N–H and O–H groups in total. The Bertz CT molecular complexity index is 547. The van der Waals surface area contributed by atoms with Gasteiger partial charge in [0.1, 0.15) is 0 Å². The van der Waals surface area contributed by atoms with Gasteiger partial charge in [-0.05, 0) is 31.5 Å². The second kappa shape index (κ2) is 8.49. The summed E-state index contributed by atoms with van der Waals surface area (Å²) in [6.07, 6.45) is 7.12. The third-order valence-corrected chi connectivity index (χ3v) is 4.10. The zero-order valence-electron chi connectivity index (χ0n) is 12.9. The molecule has 21 heavy (non-hydrogen) atoms. The van der Waals surface area contributed by atoms with Gasteiger partial charge >= 0.3 is 0 Å². The first-order valence-corrected chi connectivity index (χ1v) is 9.62. The van der Waals surface area contributed by atoms with Gasteiger partial charge < -0.3 is 5.32 Å². The van der Waals surface area contributed by atoms with Crippen molar-refractivity contribution in [3.05, 3.63) is 23.2 Å². The van der Waals surface area contributed by atoms with E-state index in [0.29, 0.717) is 16.8 Å². The molecule has 1 aromatic carbocycles. The van der Waals surface area contributed by atoms with Crippen molar-refractivity contribution in [2.24, 2.45) is 0 Å². The third kappa shape index (κ3) is 7.58. The van der Waals surface area contributed by atoms with Crippen LogP contribution in [0.2, 0.25) is 5.02 Å². The van der Waals surface area contributed by atoms with Crippen LogP contribution < -0.4 is 10.0 Å². The SMILES string of the molecule is CCCCCCC(C)Nc1cc(NS(C)(=O)=O)ccc1Cl. The van der Waals surface area contributed by atoms with Crippen molar-refractivity contribution in [2.75, 3.05) is 16.3 Å². The highest BCUT2D eigenvalue weighted by Gasteiger charge is 2.08. The summed E-state index contributed by atoms with van der Waals surface area (Å²) in [7, 11) is -3.28. The summed E-state index contributed by atoms with van der Waals surface area (Å²) in [4.78, 5) is 0. The van der Waals surface area contributed by atoms with Crippen molar-refractivity contribution in [1.82, 2.24) is 0 Å². The van der Waals surface area contributed by atoms with E-state index in [2.05, 4.69) is 23.9 Å². The normalized spacial score (nSPS) is 13.0. The smallest absolute Gasteiger partial charge is 0.229 e. The molecule has 6 heteroatoms. The Morgan fingerprint density at radius 1 is 1.24 bits per heavy atom. The first kappa shape index (κ1) is 18.1. The number of anilines is 2. The van der Waals surface area contributed by atoms with Crippen molar-refractivity contribution in [1.29, 1.82) is 0 Å². The highest BCUT2D eigenvalue weighted by atomic mass is 35.5. The summed E-state index contributed by atoms with van der Waals surface area (Å²) >= 11 is 6.16. The largest absolute Gasteiger partial charge is 0.381 e. The number of rotatable bonds is 9. The fraction of sp³-hybridized carbons (Fsp3) is 0.600. The van der Waals surface area contributed by atoms with Crippen LogP contribution in [0.3, 0.4) is 0 Å². The van der Waals surface area contributed by atoms with E-state index >= 15 is 0 Å². The van der Waals surface area contributed by atoms with E-state index in [1.807, 2.05) is 0 Å². The van der Waals surface area contributed by atoms with Gasteiger partial charge in [0.25, 0.3) is 0 Å². The number of sulfonamides is 1. The van der Waals surface area contributed by atoms with Crippen molar-refractivity contribution >= 4 is 33.0 Å². The van der Waals surface area contributed by atoms with Gasteiger partial charge in [0.2, 0.25) is 10.0 Å². The lowest BCUT2D eigenvalue weighted by atomic mass is 10.1. The second-order valence-electron chi connectivity index (χ2n) is 5.46. The molecule has 0 aliphatic rings. The first-order valence-electron chi connectivity index (χ1n) is 7.35. The zero-order valence-corrected chi connectivity index (χ0v) is 14.5. The van der Waals surface area contributed by atoms with Gasteiger partial charge in [-0.1, -0.05) is 44.2 Å². The molecule has 0 spiro atoms. The molecule has 1 unspecified atom stereocenters. The maximum absolute atomic E-state index is 11.3. The molecule has 0 aliphatic heterocycles. The first-order chi connectivity index (χ1) is 9.81. The van der Waals surface area contributed by atoms with Gasteiger partial charge in [0, 0.05) is 6.04 Å². The molecule has 120 valence electrons. The van der Waals surface area contributed by atoms with Crippen LogP contribution >= 0.6 is 11.6 Å². The number of unbranched alkanes of at least 4 members (excludes halogenated alkanes) is 3. The van der Waals surface area contributed by atoms with Crippen LogP contribution in [-0.4, -0.2) is 20.7 Å². The number of benzene rings is 1. The summed E-state index contributed by atoms with van der Waals surface area (Å²) < 4.78 is 25.0. The standard InChI is InChI=1S/C15H25ClN2O2S/c1-4-5-6-7-8-12(2)17-15-11-13(9-10-14(15)16)18-21(3,19)20/h9-12,17-18H,4-8H2,1-3H3. The summed E-state index contributed by atoms with van der Waals surface area (Å²) in [5, 5.41) is 3.94. The minimum absolute atomic E-state index is 0.299. The van der Waals surface area contributed by atoms with Crippen molar-refractivity contribution < 1.29 is 8.42 Å². The summed E-state index contributed by atoms with van der Waals surface area (Å²) in [5.41, 5.74) is 1.27. The van der Waals surface area contributed by atoms with Crippen LogP contribution in [0.25, 0.3) is 0 Å². The Hall–Kier alpha value is -0.940. The number of nitrogens with one attached hydrogen (secondary N) is 2. The average Bonchev–Trinajstić information content (AvgIpc) is 2.37. The van der Waals surface area contributed by atoms with Crippen molar-refractivity contribution in [3.63, 3.8) is 0 Å². The Morgan fingerprint density at radius 3 is 2.57 bits per heavy atom. The molecule has 0 aliphatic carbocycles. The molecular formula is C15H25ClN2O2S. The maximum Gasteiger partial charge on any atom is 0.229 e. The fourth-order valence-corrected chi connectivity index (χ4v) is 2.86. The van der Waals surface area contributed by atoms with E-state index in [1.165, 1.54) is 25.7 Å². The van der Waals surface area contributed by atoms with Crippen molar-refractivity contribution in [2.45, 2.75) is 52.0 Å². The van der Waals surface area contributed by atoms with Crippen LogP contribution in [0.1, 0.15) is 46.0 Å². The Kier molecular flexibility index (Phi) is 7.32. The Balaban J connectivity index is 2.63. The lowest BCUT2D eigenvalue weighted by Gasteiger charge is -2.17. The van der Waals surface area contributed by atoms with E-state index < -0.39 is 10.0 Å². The van der Waals surface area contributed by atoms with Gasteiger partial charge in [-0.25, -0.2) is 8.42 Å². The maximum atomic E-state index is 11.3. The van der Waals surface area contributed by atoms with Gasteiger partial charge in [-0.3, -0.25) is 4.72 Å². The fourth-order valence-electron chi connectivity index (χ4n) is 2.13. The molecule has 0 fully saturated rings. The quantitative estimate of drug-likeness (QED) is 0.655. The molecule has 1 rings (SSSR count).